The number of hydrogen-bond acceptors (Lipinski definition) is 3. The molecule has 2 aromatic carbocycles. The van der Waals surface area contributed by atoms with Gasteiger partial charge < -0.3 is 9.47 Å². The molecule has 0 spiro atoms. The number of carbonyl (C=O) groups is 1. The molecule has 24 heavy (non-hydrogen) atoms. The van der Waals surface area contributed by atoms with Gasteiger partial charge in [-0.3, -0.25) is 0 Å². The van der Waals surface area contributed by atoms with Crippen molar-refractivity contribution in [1.29, 1.82) is 0 Å². The molecule has 1 atom stereocenters. The molecule has 3 rings (SSSR count). The second kappa shape index (κ2) is 7.35. The molecule has 0 saturated carbocycles. The standard InChI is InChI=1S/C21H22O3/c1-3-23-21(22)20-14-19(24-15(20)2)13-16-9-11-18(12-10-16)17-7-5-4-6-8-17/h4-12,19H,3,13-14H2,1-2H3. The molecule has 0 bridgehead atoms. The molecule has 0 saturated heterocycles. The Balaban J connectivity index is 1.63. The smallest absolute Gasteiger partial charge is 0.337 e. The Morgan fingerprint density at radius 1 is 1.08 bits per heavy atom. The average Bonchev–Trinajstić information content (AvgIpc) is 2.97. The van der Waals surface area contributed by atoms with E-state index in [-0.39, 0.29) is 12.1 Å². The first-order chi connectivity index (χ1) is 11.7. The molecule has 0 radical (unpaired) electrons. The lowest BCUT2D eigenvalue weighted by atomic mass is 9.99. The van der Waals surface area contributed by atoms with Crippen LogP contribution in [0.3, 0.4) is 0 Å². The zero-order valence-electron chi connectivity index (χ0n) is 14.1. The summed E-state index contributed by atoms with van der Waals surface area (Å²) in [5.74, 6) is 0.441. The third kappa shape index (κ3) is 3.67. The summed E-state index contributed by atoms with van der Waals surface area (Å²) in [6.07, 6.45) is 1.41. The van der Waals surface area contributed by atoms with Crippen molar-refractivity contribution in [2.24, 2.45) is 0 Å². The normalized spacial score (nSPS) is 16.8. The Hall–Kier alpha value is -2.55. The molecule has 1 aliphatic rings. The highest BCUT2D eigenvalue weighted by molar-refractivity contribution is 5.89. The van der Waals surface area contributed by atoms with Gasteiger partial charge in [0.05, 0.1) is 12.2 Å². The van der Waals surface area contributed by atoms with Gasteiger partial charge in [0.1, 0.15) is 11.9 Å². The number of ether oxygens (including phenoxy) is 2. The van der Waals surface area contributed by atoms with Crippen LogP contribution >= 0.6 is 0 Å². The van der Waals surface area contributed by atoms with Crippen molar-refractivity contribution < 1.29 is 14.3 Å². The average molecular weight is 322 g/mol. The third-order valence-corrected chi connectivity index (χ3v) is 4.25. The van der Waals surface area contributed by atoms with E-state index in [1.54, 1.807) is 0 Å². The number of hydrogen-bond donors (Lipinski definition) is 0. The highest BCUT2D eigenvalue weighted by Gasteiger charge is 2.28. The Morgan fingerprint density at radius 3 is 2.42 bits per heavy atom. The van der Waals surface area contributed by atoms with Crippen molar-refractivity contribution in [3.8, 4) is 11.1 Å². The molecule has 0 fully saturated rings. The summed E-state index contributed by atoms with van der Waals surface area (Å²) >= 11 is 0. The number of benzene rings is 2. The largest absolute Gasteiger partial charge is 0.494 e. The fraction of sp³-hybridized carbons (Fsp3) is 0.286. The quantitative estimate of drug-likeness (QED) is 0.759. The van der Waals surface area contributed by atoms with E-state index in [4.69, 9.17) is 9.47 Å². The van der Waals surface area contributed by atoms with E-state index in [0.717, 1.165) is 6.42 Å². The van der Waals surface area contributed by atoms with Gasteiger partial charge in [0, 0.05) is 12.8 Å². The minimum absolute atomic E-state index is 0.00646. The first-order valence-corrected chi connectivity index (χ1v) is 8.35. The van der Waals surface area contributed by atoms with Crippen molar-refractivity contribution in [2.45, 2.75) is 32.8 Å². The molecule has 124 valence electrons. The van der Waals surface area contributed by atoms with Crippen molar-refractivity contribution >= 4 is 5.97 Å². The van der Waals surface area contributed by atoms with Crippen LogP contribution in [0.2, 0.25) is 0 Å². The first kappa shape index (κ1) is 16.3. The SMILES string of the molecule is CCOC(=O)C1=C(C)OC(Cc2ccc(-c3ccccc3)cc2)C1. The molecule has 1 aliphatic heterocycles. The lowest BCUT2D eigenvalue weighted by Crippen LogP contribution is -2.12. The molecule has 1 heterocycles. The minimum atomic E-state index is -0.253. The van der Waals surface area contributed by atoms with Crippen LogP contribution in [0.25, 0.3) is 11.1 Å². The van der Waals surface area contributed by atoms with Crippen LogP contribution in [0.5, 0.6) is 0 Å². The summed E-state index contributed by atoms with van der Waals surface area (Å²) in [6.45, 7) is 4.04. The summed E-state index contributed by atoms with van der Waals surface area (Å²) < 4.78 is 10.9. The van der Waals surface area contributed by atoms with Crippen molar-refractivity contribution in [3.63, 3.8) is 0 Å². The lowest BCUT2D eigenvalue weighted by molar-refractivity contribution is -0.138. The fourth-order valence-electron chi connectivity index (χ4n) is 3.02. The van der Waals surface area contributed by atoms with E-state index in [9.17, 15) is 4.79 Å². The van der Waals surface area contributed by atoms with Gasteiger partial charge in [0.25, 0.3) is 0 Å². The van der Waals surface area contributed by atoms with Gasteiger partial charge >= 0.3 is 5.97 Å². The summed E-state index contributed by atoms with van der Waals surface area (Å²) in [6, 6.07) is 18.8. The van der Waals surface area contributed by atoms with E-state index < -0.39 is 0 Å². The van der Waals surface area contributed by atoms with Crippen LogP contribution in [0, 0.1) is 0 Å². The molecule has 3 heteroatoms. The van der Waals surface area contributed by atoms with Crippen LogP contribution in [0.4, 0.5) is 0 Å². The number of carbonyl (C=O) groups excluding carboxylic acids is 1. The van der Waals surface area contributed by atoms with E-state index in [2.05, 4.69) is 36.4 Å². The van der Waals surface area contributed by atoms with Gasteiger partial charge in [-0.15, -0.1) is 0 Å². The predicted molar refractivity (Wildman–Crippen MR) is 94.4 cm³/mol. The summed E-state index contributed by atoms with van der Waals surface area (Å²) in [5.41, 5.74) is 4.29. The van der Waals surface area contributed by atoms with E-state index >= 15 is 0 Å². The zero-order chi connectivity index (χ0) is 16.9. The van der Waals surface area contributed by atoms with Crippen molar-refractivity contribution in [1.82, 2.24) is 0 Å². The van der Waals surface area contributed by atoms with Gasteiger partial charge in [0.15, 0.2) is 0 Å². The van der Waals surface area contributed by atoms with E-state index in [0.29, 0.717) is 24.4 Å². The second-order valence-corrected chi connectivity index (χ2v) is 5.97. The van der Waals surface area contributed by atoms with Crippen molar-refractivity contribution in [2.75, 3.05) is 6.61 Å². The summed E-state index contributed by atoms with van der Waals surface area (Å²) in [4.78, 5) is 11.9. The second-order valence-electron chi connectivity index (χ2n) is 5.97. The van der Waals surface area contributed by atoms with Crippen LogP contribution in [-0.2, 0) is 20.7 Å². The monoisotopic (exact) mass is 322 g/mol. The van der Waals surface area contributed by atoms with Crippen molar-refractivity contribution in [3.05, 3.63) is 71.5 Å². The van der Waals surface area contributed by atoms with E-state index in [1.165, 1.54) is 16.7 Å². The minimum Gasteiger partial charge on any atom is -0.494 e. The maximum Gasteiger partial charge on any atom is 0.337 e. The molecular weight excluding hydrogens is 300 g/mol. The Morgan fingerprint density at radius 2 is 1.75 bits per heavy atom. The molecule has 2 aromatic rings. The van der Waals surface area contributed by atoms with Crippen LogP contribution in [-0.4, -0.2) is 18.7 Å². The summed E-state index contributed by atoms with van der Waals surface area (Å²) in [7, 11) is 0. The Bertz CT molecular complexity index is 729. The highest BCUT2D eigenvalue weighted by Crippen LogP contribution is 2.28. The fourth-order valence-corrected chi connectivity index (χ4v) is 3.02. The van der Waals surface area contributed by atoms with Gasteiger partial charge in [0.2, 0.25) is 0 Å². The van der Waals surface area contributed by atoms with E-state index in [1.807, 2.05) is 32.0 Å². The molecule has 0 amide bonds. The maximum absolute atomic E-state index is 11.9. The predicted octanol–water partition coefficient (Wildman–Crippen LogP) is 4.52. The van der Waals surface area contributed by atoms with Crippen LogP contribution < -0.4 is 0 Å². The maximum atomic E-state index is 11.9. The molecule has 0 aromatic heterocycles. The molecule has 0 N–H and O–H groups in total. The number of esters is 1. The zero-order valence-corrected chi connectivity index (χ0v) is 14.1. The van der Waals surface area contributed by atoms with Gasteiger partial charge in [-0.2, -0.15) is 0 Å². The molecule has 0 aliphatic carbocycles. The summed E-state index contributed by atoms with van der Waals surface area (Å²) in [5, 5.41) is 0. The molecule has 1 unspecified atom stereocenters. The van der Waals surface area contributed by atoms with Crippen LogP contribution in [0.15, 0.2) is 65.9 Å². The number of rotatable bonds is 5. The Labute approximate surface area is 142 Å². The van der Waals surface area contributed by atoms with Gasteiger partial charge in [-0.25, -0.2) is 4.79 Å². The lowest BCUT2D eigenvalue weighted by Gasteiger charge is -2.12. The molecular formula is C21H22O3. The highest BCUT2D eigenvalue weighted by atomic mass is 16.5. The third-order valence-electron chi connectivity index (χ3n) is 4.25. The van der Waals surface area contributed by atoms with Gasteiger partial charge in [-0.05, 0) is 30.5 Å². The first-order valence-electron chi connectivity index (χ1n) is 8.35. The van der Waals surface area contributed by atoms with Gasteiger partial charge in [-0.1, -0.05) is 54.6 Å². The number of allylic oxidation sites excluding steroid dienone is 1. The van der Waals surface area contributed by atoms with Crippen LogP contribution in [0.1, 0.15) is 25.8 Å². The topological polar surface area (TPSA) is 35.5 Å². The molecule has 3 nitrogen and oxygen atoms in total. The Kier molecular flexibility index (Phi) is 4.99.